The maximum atomic E-state index is 13.1. The lowest BCUT2D eigenvalue weighted by atomic mass is 9.97. The maximum absolute atomic E-state index is 13.1. The second-order valence-corrected chi connectivity index (χ2v) is 7.70. The largest absolute Gasteiger partial charge is 0.494 e. The lowest BCUT2D eigenvalue weighted by Gasteiger charge is -2.29. The summed E-state index contributed by atoms with van der Waals surface area (Å²) >= 11 is 0. The Morgan fingerprint density at radius 3 is 2.12 bits per heavy atom. The fourth-order valence-electron chi connectivity index (χ4n) is 3.79. The molecule has 0 atom stereocenters. The van der Waals surface area contributed by atoms with Crippen LogP contribution >= 0.6 is 0 Å². The predicted molar refractivity (Wildman–Crippen MR) is 127 cm³/mol. The summed E-state index contributed by atoms with van der Waals surface area (Å²) in [7, 11) is 1.84. The highest BCUT2D eigenvalue weighted by atomic mass is 16.5. The highest BCUT2D eigenvalue weighted by molar-refractivity contribution is 5.77. The van der Waals surface area contributed by atoms with Crippen LogP contribution in [0.3, 0.4) is 0 Å². The van der Waals surface area contributed by atoms with E-state index in [9.17, 15) is 4.79 Å². The van der Waals surface area contributed by atoms with Gasteiger partial charge in [0.25, 0.3) is 0 Å². The van der Waals surface area contributed by atoms with E-state index in [1.54, 1.807) is 4.90 Å². The van der Waals surface area contributed by atoms with Crippen LogP contribution in [0.25, 0.3) is 11.4 Å². The van der Waals surface area contributed by atoms with Crippen LogP contribution in [-0.4, -0.2) is 34.6 Å². The van der Waals surface area contributed by atoms with Crippen molar-refractivity contribution in [1.29, 1.82) is 0 Å². The van der Waals surface area contributed by atoms with Gasteiger partial charge in [-0.1, -0.05) is 65.8 Å². The van der Waals surface area contributed by atoms with Crippen molar-refractivity contribution in [3.63, 3.8) is 0 Å². The molecule has 0 aliphatic rings. The van der Waals surface area contributed by atoms with Gasteiger partial charge in [0.1, 0.15) is 5.75 Å². The molecule has 6 heteroatoms. The molecule has 0 spiro atoms. The van der Waals surface area contributed by atoms with Gasteiger partial charge < -0.3 is 14.2 Å². The highest BCUT2D eigenvalue weighted by Crippen LogP contribution is 2.28. The normalized spacial score (nSPS) is 10.9. The lowest BCUT2D eigenvalue weighted by Crippen LogP contribution is -2.32. The summed E-state index contributed by atoms with van der Waals surface area (Å²) < 4.78 is 10.9. The Balaban J connectivity index is 1.43. The zero-order valence-corrected chi connectivity index (χ0v) is 18.8. The third kappa shape index (κ3) is 5.47. The van der Waals surface area contributed by atoms with Gasteiger partial charge in [0.05, 0.1) is 12.6 Å². The van der Waals surface area contributed by atoms with Crippen molar-refractivity contribution in [2.45, 2.75) is 25.8 Å². The Morgan fingerprint density at radius 2 is 1.55 bits per heavy atom. The third-order valence-electron chi connectivity index (χ3n) is 5.46. The van der Waals surface area contributed by atoms with Crippen molar-refractivity contribution < 1.29 is 14.1 Å². The van der Waals surface area contributed by atoms with Crippen molar-refractivity contribution in [2.24, 2.45) is 0 Å². The molecule has 1 aromatic heterocycles. The van der Waals surface area contributed by atoms with Crippen molar-refractivity contribution in [2.75, 3.05) is 13.7 Å². The van der Waals surface area contributed by atoms with E-state index in [-0.39, 0.29) is 18.4 Å². The SMILES string of the molecule is CCOc1ccc(-c2noc(CCC(=O)N(C)C(c3ccccc3)c3ccccc3)n2)cc1. The summed E-state index contributed by atoms with van der Waals surface area (Å²) in [5.74, 6) is 1.75. The summed E-state index contributed by atoms with van der Waals surface area (Å²) in [6.45, 7) is 2.56. The van der Waals surface area contributed by atoms with Crippen LogP contribution in [0.2, 0.25) is 0 Å². The number of rotatable bonds is 9. The molecule has 168 valence electrons. The van der Waals surface area contributed by atoms with E-state index in [1.165, 1.54) is 0 Å². The summed E-state index contributed by atoms with van der Waals surface area (Å²) in [4.78, 5) is 19.3. The molecule has 4 rings (SSSR count). The molecule has 0 fully saturated rings. The molecular formula is C27H27N3O3. The molecular weight excluding hydrogens is 414 g/mol. The molecule has 0 aliphatic heterocycles. The molecule has 3 aromatic carbocycles. The Kier molecular flexibility index (Phi) is 7.15. The number of carbonyl (C=O) groups excluding carboxylic acids is 1. The van der Waals surface area contributed by atoms with Crippen molar-refractivity contribution >= 4 is 5.91 Å². The van der Waals surface area contributed by atoms with Crippen LogP contribution in [0.4, 0.5) is 0 Å². The molecule has 0 aliphatic carbocycles. The van der Waals surface area contributed by atoms with Gasteiger partial charge in [-0.3, -0.25) is 4.79 Å². The van der Waals surface area contributed by atoms with Crippen LogP contribution < -0.4 is 4.74 Å². The van der Waals surface area contributed by atoms with Gasteiger partial charge in [0.15, 0.2) is 0 Å². The molecule has 33 heavy (non-hydrogen) atoms. The van der Waals surface area contributed by atoms with Gasteiger partial charge in [-0.25, -0.2) is 0 Å². The minimum absolute atomic E-state index is 0.00789. The molecule has 1 amide bonds. The zero-order valence-electron chi connectivity index (χ0n) is 18.8. The lowest BCUT2D eigenvalue weighted by molar-refractivity contribution is -0.131. The quantitative estimate of drug-likeness (QED) is 0.352. The van der Waals surface area contributed by atoms with Gasteiger partial charge in [0, 0.05) is 25.5 Å². The molecule has 0 unspecified atom stereocenters. The van der Waals surface area contributed by atoms with E-state index < -0.39 is 0 Å². The fraction of sp³-hybridized carbons (Fsp3) is 0.222. The molecule has 0 radical (unpaired) electrons. The number of hydrogen-bond donors (Lipinski definition) is 0. The smallest absolute Gasteiger partial charge is 0.227 e. The molecule has 0 bridgehead atoms. The highest BCUT2D eigenvalue weighted by Gasteiger charge is 2.23. The van der Waals surface area contributed by atoms with Crippen LogP contribution in [0.15, 0.2) is 89.5 Å². The number of amides is 1. The summed E-state index contributed by atoms with van der Waals surface area (Å²) in [5, 5.41) is 4.06. The summed E-state index contributed by atoms with van der Waals surface area (Å²) in [6.07, 6.45) is 0.654. The van der Waals surface area contributed by atoms with Gasteiger partial charge in [-0.2, -0.15) is 4.98 Å². The van der Waals surface area contributed by atoms with Crippen LogP contribution in [0, 0.1) is 0 Å². The second-order valence-electron chi connectivity index (χ2n) is 7.70. The number of ether oxygens (including phenoxy) is 1. The summed E-state index contributed by atoms with van der Waals surface area (Å²) in [5.41, 5.74) is 2.97. The van der Waals surface area contributed by atoms with E-state index in [1.807, 2.05) is 98.9 Å². The maximum Gasteiger partial charge on any atom is 0.227 e. The van der Waals surface area contributed by atoms with Crippen molar-refractivity contribution in [1.82, 2.24) is 15.0 Å². The van der Waals surface area contributed by atoms with Gasteiger partial charge in [-0.15, -0.1) is 0 Å². The van der Waals surface area contributed by atoms with Gasteiger partial charge in [0.2, 0.25) is 17.6 Å². The number of benzene rings is 3. The number of hydrogen-bond acceptors (Lipinski definition) is 5. The average Bonchev–Trinajstić information content (AvgIpc) is 3.34. The first-order valence-electron chi connectivity index (χ1n) is 11.1. The van der Waals surface area contributed by atoms with E-state index in [4.69, 9.17) is 9.26 Å². The Hall–Kier alpha value is -3.93. The minimum atomic E-state index is -0.165. The van der Waals surface area contributed by atoms with E-state index in [2.05, 4.69) is 10.1 Å². The molecule has 0 saturated heterocycles. The molecule has 4 aromatic rings. The first kappa shape index (κ1) is 22.3. The number of carbonyl (C=O) groups is 1. The molecule has 0 N–H and O–H groups in total. The molecule has 1 heterocycles. The van der Waals surface area contributed by atoms with E-state index >= 15 is 0 Å². The first-order valence-corrected chi connectivity index (χ1v) is 11.1. The number of aryl methyl sites for hydroxylation is 1. The molecule has 0 saturated carbocycles. The standard InChI is InChI=1S/C27H27N3O3/c1-3-32-23-16-14-22(15-17-23)27-28-24(33-29-27)18-19-25(31)30(2)26(20-10-6-4-7-11-20)21-12-8-5-9-13-21/h4-17,26H,3,18-19H2,1-2H3. The number of aromatic nitrogens is 2. The Bertz CT molecular complexity index is 1120. The average molecular weight is 442 g/mol. The topological polar surface area (TPSA) is 68.5 Å². The van der Waals surface area contributed by atoms with Crippen LogP contribution in [0.1, 0.15) is 36.4 Å². The third-order valence-corrected chi connectivity index (χ3v) is 5.46. The fourth-order valence-corrected chi connectivity index (χ4v) is 3.79. The van der Waals surface area contributed by atoms with Crippen LogP contribution in [0.5, 0.6) is 5.75 Å². The zero-order chi connectivity index (χ0) is 23.0. The Labute approximate surface area is 193 Å². The first-order chi connectivity index (χ1) is 16.2. The predicted octanol–water partition coefficient (Wildman–Crippen LogP) is 5.32. The van der Waals surface area contributed by atoms with Crippen LogP contribution in [-0.2, 0) is 11.2 Å². The monoisotopic (exact) mass is 441 g/mol. The number of nitrogens with zero attached hydrogens (tertiary/aromatic N) is 3. The molecule has 6 nitrogen and oxygen atoms in total. The summed E-state index contributed by atoms with van der Waals surface area (Å²) in [6, 6.07) is 27.5. The van der Waals surface area contributed by atoms with Gasteiger partial charge in [-0.05, 0) is 42.3 Å². The van der Waals surface area contributed by atoms with Crippen molar-refractivity contribution in [3.8, 4) is 17.1 Å². The second kappa shape index (κ2) is 10.6. The minimum Gasteiger partial charge on any atom is -0.494 e. The Morgan fingerprint density at radius 1 is 0.939 bits per heavy atom. The van der Waals surface area contributed by atoms with Crippen molar-refractivity contribution in [3.05, 3.63) is 102 Å². The van der Waals surface area contributed by atoms with Gasteiger partial charge >= 0.3 is 0 Å². The van der Waals surface area contributed by atoms with E-state index in [0.29, 0.717) is 24.7 Å². The van der Waals surface area contributed by atoms with E-state index in [0.717, 1.165) is 22.4 Å².